The van der Waals surface area contributed by atoms with Crippen molar-refractivity contribution in [1.82, 2.24) is 10.6 Å². The molecule has 2 saturated heterocycles. The molecule has 2 N–H and O–H groups in total. The van der Waals surface area contributed by atoms with E-state index in [0.717, 1.165) is 18.6 Å². The van der Waals surface area contributed by atoms with E-state index in [9.17, 15) is 0 Å². The van der Waals surface area contributed by atoms with E-state index in [4.69, 9.17) is 0 Å². The van der Waals surface area contributed by atoms with Gasteiger partial charge >= 0.3 is 0 Å². The van der Waals surface area contributed by atoms with Crippen LogP contribution in [-0.2, 0) is 0 Å². The lowest BCUT2D eigenvalue weighted by Crippen LogP contribution is -2.42. The molecule has 0 aromatic carbocycles. The van der Waals surface area contributed by atoms with Crippen molar-refractivity contribution in [2.24, 2.45) is 0 Å². The lowest BCUT2D eigenvalue weighted by molar-refractivity contribution is 0.342. The van der Waals surface area contributed by atoms with E-state index in [1.807, 2.05) is 0 Å². The first-order valence-corrected chi connectivity index (χ1v) is 4.67. The Balaban J connectivity index is 2.05. The topological polar surface area (TPSA) is 24.1 Å². The van der Waals surface area contributed by atoms with Crippen LogP contribution >= 0.6 is 0 Å². The van der Waals surface area contributed by atoms with Crippen molar-refractivity contribution >= 4 is 0 Å². The second-order valence-electron chi connectivity index (χ2n) is 4.61. The molecule has 0 aromatic heterocycles. The maximum atomic E-state index is 3.65. The predicted octanol–water partition coefficient (Wildman–Crippen LogP) is 0.879. The van der Waals surface area contributed by atoms with Gasteiger partial charge in [-0.3, -0.25) is 0 Å². The highest BCUT2D eigenvalue weighted by Crippen LogP contribution is 2.24. The molecule has 2 aliphatic rings. The fourth-order valence-electron chi connectivity index (χ4n) is 2.31. The summed E-state index contributed by atoms with van der Waals surface area (Å²) in [6.45, 7) is 5.76. The van der Waals surface area contributed by atoms with Gasteiger partial charge in [0.2, 0.25) is 0 Å². The lowest BCUT2D eigenvalue weighted by Gasteiger charge is -2.27. The standard InChI is InChI=1S/C9H18N2/c1-9(2)5-7-3-4-8(11-7)6-10-9/h7-8,10-11H,3-6H2,1-2H3. The Kier molecular flexibility index (Phi) is 1.69. The quantitative estimate of drug-likeness (QED) is 0.541. The highest BCUT2D eigenvalue weighted by molar-refractivity contribution is 4.96. The zero-order valence-corrected chi connectivity index (χ0v) is 7.48. The Labute approximate surface area is 68.7 Å². The fourth-order valence-corrected chi connectivity index (χ4v) is 2.31. The second kappa shape index (κ2) is 2.46. The van der Waals surface area contributed by atoms with E-state index in [1.54, 1.807) is 0 Å². The number of hydrogen-bond donors (Lipinski definition) is 2. The third-order valence-corrected chi connectivity index (χ3v) is 2.92. The molecule has 2 fully saturated rings. The van der Waals surface area contributed by atoms with Gasteiger partial charge in [0.05, 0.1) is 0 Å². The van der Waals surface area contributed by atoms with Crippen molar-refractivity contribution in [3.63, 3.8) is 0 Å². The van der Waals surface area contributed by atoms with Crippen molar-refractivity contribution in [1.29, 1.82) is 0 Å². The van der Waals surface area contributed by atoms with Crippen LogP contribution in [0, 0.1) is 0 Å². The minimum atomic E-state index is 0.354. The summed E-state index contributed by atoms with van der Waals surface area (Å²) in [5.74, 6) is 0. The average Bonchev–Trinajstić information content (AvgIpc) is 2.24. The minimum absolute atomic E-state index is 0.354. The van der Waals surface area contributed by atoms with Crippen LogP contribution in [0.1, 0.15) is 33.1 Å². The van der Waals surface area contributed by atoms with E-state index >= 15 is 0 Å². The number of nitrogens with one attached hydrogen (secondary N) is 2. The molecule has 64 valence electrons. The fraction of sp³-hybridized carbons (Fsp3) is 1.00. The molecule has 0 amide bonds. The van der Waals surface area contributed by atoms with Gasteiger partial charge in [0.25, 0.3) is 0 Å². The van der Waals surface area contributed by atoms with Crippen LogP contribution in [0.5, 0.6) is 0 Å². The SMILES string of the molecule is CC1(C)CC2CCC(CN1)N2. The molecule has 0 aliphatic carbocycles. The zero-order chi connectivity index (χ0) is 7.90. The van der Waals surface area contributed by atoms with Gasteiger partial charge in [-0.05, 0) is 33.1 Å². The van der Waals surface area contributed by atoms with Crippen LogP contribution in [-0.4, -0.2) is 24.2 Å². The summed E-state index contributed by atoms with van der Waals surface area (Å²) in [6.07, 6.45) is 4.03. The van der Waals surface area contributed by atoms with Crippen LogP contribution in [0.4, 0.5) is 0 Å². The van der Waals surface area contributed by atoms with E-state index in [-0.39, 0.29) is 0 Å². The molecule has 0 radical (unpaired) electrons. The molecular formula is C9H18N2. The Hall–Kier alpha value is -0.0800. The van der Waals surface area contributed by atoms with Crippen LogP contribution < -0.4 is 10.6 Å². The van der Waals surface area contributed by atoms with Gasteiger partial charge in [0.15, 0.2) is 0 Å². The molecule has 2 nitrogen and oxygen atoms in total. The summed E-state index contributed by atoms with van der Waals surface area (Å²) in [5, 5.41) is 7.24. The molecule has 2 rings (SSSR count). The summed E-state index contributed by atoms with van der Waals surface area (Å²) in [7, 11) is 0. The normalized spacial score (nSPS) is 42.0. The summed E-state index contributed by atoms with van der Waals surface area (Å²) >= 11 is 0. The predicted molar refractivity (Wildman–Crippen MR) is 46.6 cm³/mol. The monoisotopic (exact) mass is 154 g/mol. The summed E-state index contributed by atoms with van der Waals surface area (Å²) in [5.41, 5.74) is 0.354. The number of fused-ring (bicyclic) bond motifs is 2. The maximum Gasteiger partial charge on any atom is 0.0195 e. The zero-order valence-electron chi connectivity index (χ0n) is 7.48. The van der Waals surface area contributed by atoms with E-state index in [0.29, 0.717) is 5.54 Å². The third-order valence-electron chi connectivity index (χ3n) is 2.92. The Bertz CT molecular complexity index is 154. The summed E-state index contributed by atoms with van der Waals surface area (Å²) in [4.78, 5) is 0. The van der Waals surface area contributed by atoms with E-state index in [2.05, 4.69) is 24.5 Å². The third kappa shape index (κ3) is 1.57. The maximum absolute atomic E-state index is 3.65. The Morgan fingerprint density at radius 2 is 1.91 bits per heavy atom. The largest absolute Gasteiger partial charge is 0.310 e. The lowest BCUT2D eigenvalue weighted by atomic mass is 9.93. The highest BCUT2D eigenvalue weighted by Gasteiger charge is 2.33. The van der Waals surface area contributed by atoms with Crippen molar-refractivity contribution in [2.45, 2.75) is 50.7 Å². The number of hydrogen-bond acceptors (Lipinski definition) is 2. The number of rotatable bonds is 0. The van der Waals surface area contributed by atoms with Crippen LogP contribution in [0.3, 0.4) is 0 Å². The van der Waals surface area contributed by atoms with Crippen molar-refractivity contribution in [3.8, 4) is 0 Å². The molecule has 11 heavy (non-hydrogen) atoms. The molecule has 2 unspecified atom stereocenters. The van der Waals surface area contributed by atoms with Gasteiger partial charge in [-0.25, -0.2) is 0 Å². The van der Waals surface area contributed by atoms with Crippen LogP contribution in [0.15, 0.2) is 0 Å². The van der Waals surface area contributed by atoms with Gasteiger partial charge in [0, 0.05) is 24.2 Å². The van der Waals surface area contributed by atoms with Crippen molar-refractivity contribution < 1.29 is 0 Å². The smallest absolute Gasteiger partial charge is 0.0195 e. The summed E-state index contributed by atoms with van der Waals surface area (Å²) in [6, 6.07) is 1.53. The summed E-state index contributed by atoms with van der Waals surface area (Å²) < 4.78 is 0. The van der Waals surface area contributed by atoms with Gasteiger partial charge in [-0.2, -0.15) is 0 Å². The molecule has 2 heterocycles. The van der Waals surface area contributed by atoms with E-state index < -0.39 is 0 Å². The molecule has 2 aliphatic heterocycles. The second-order valence-corrected chi connectivity index (χ2v) is 4.61. The van der Waals surface area contributed by atoms with Gasteiger partial charge in [0.1, 0.15) is 0 Å². The molecule has 2 heteroatoms. The molecule has 2 bridgehead atoms. The van der Waals surface area contributed by atoms with Gasteiger partial charge in [-0.1, -0.05) is 0 Å². The van der Waals surface area contributed by atoms with Crippen molar-refractivity contribution in [2.75, 3.05) is 6.54 Å². The minimum Gasteiger partial charge on any atom is -0.310 e. The van der Waals surface area contributed by atoms with Crippen LogP contribution in [0.2, 0.25) is 0 Å². The van der Waals surface area contributed by atoms with E-state index in [1.165, 1.54) is 19.3 Å². The van der Waals surface area contributed by atoms with Crippen LogP contribution in [0.25, 0.3) is 0 Å². The first-order valence-electron chi connectivity index (χ1n) is 4.67. The first-order chi connectivity index (χ1) is 5.16. The Morgan fingerprint density at radius 1 is 1.18 bits per heavy atom. The Morgan fingerprint density at radius 3 is 2.73 bits per heavy atom. The molecular weight excluding hydrogens is 136 g/mol. The van der Waals surface area contributed by atoms with Gasteiger partial charge < -0.3 is 10.6 Å². The highest BCUT2D eigenvalue weighted by atomic mass is 15.1. The molecule has 0 saturated carbocycles. The van der Waals surface area contributed by atoms with Gasteiger partial charge in [-0.15, -0.1) is 0 Å². The molecule has 2 atom stereocenters. The molecule has 0 aromatic rings. The molecule has 0 spiro atoms. The average molecular weight is 154 g/mol. The van der Waals surface area contributed by atoms with Crippen molar-refractivity contribution in [3.05, 3.63) is 0 Å². The first kappa shape index (κ1) is 7.56.